The highest BCUT2D eigenvalue weighted by Crippen LogP contribution is 2.41. The quantitative estimate of drug-likeness (QED) is 0.488. The first kappa shape index (κ1) is 18.2. The first-order valence-electron chi connectivity index (χ1n) is 8.09. The molecule has 0 aliphatic rings. The summed E-state index contributed by atoms with van der Waals surface area (Å²) in [6.07, 6.45) is 3.60. The summed E-state index contributed by atoms with van der Waals surface area (Å²) in [7, 11) is 0. The van der Waals surface area contributed by atoms with Gasteiger partial charge >= 0.3 is 0 Å². The zero-order valence-electron chi connectivity index (χ0n) is 14.3. The van der Waals surface area contributed by atoms with Crippen molar-refractivity contribution in [2.75, 3.05) is 5.32 Å². The molecule has 0 saturated heterocycles. The Morgan fingerprint density at radius 3 is 2.82 bits per heavy atom. The van der Waals surface area contributed by atoms with Gasteiger partial charge in [-0.1, -0.05) is 18.5 Å². The van der Waals surface area contributed by atoms with Crippen LogP contribution >= 0.6 is 11.6 Å². The summed E-state index contributed by atoms with van der Waals surface area (Å²) in [4.78, 5) is 19.0. The van der Waals surface area contributed by atoms with E-state index in [1.165, 1.54) is 19.3 Å². The average molecular weight is 409 g/mol. The summed E-state index contributed by atoms with van der Waals surface area (Å²) in [6.45, 7) is 1.22. The van der Waals surface area contributed by atoms with Gasteiger partial charge in [-0.05, 0) is 0 Å². The second-order valence-corrected chi connectivity index (χ2v) is 6.50. The Hall–Kier alpha value is -3.14. The Balaban J connectivity index is 1.95. The van der Waals surface area contributed by atoms with Crippen LogP contribution in [0.5, 0.6) is 0 Å². The van der Waals surface area contributed by atoms with E-state index in [1.807, 2.05) is 0 Å². The van der Waals surface area contributed by atoms with Crippen LogP contribution < -0.4 is 5.32 Å². The number of carbonyl (C=O) groups is 1. The van der Waals surface area contributed by atoms with Crippen LogP contribution in [-0.4, -0.2) is 37.4 Å². The maximum absolute atomic E-state index is 15.0. The standard InChI is InChI=1S/C17H12ClF3N6O/c1-7(17(20)21)12-15(19)14(18)13(8-2-24-26-16(8)12)9-4-27-5-10(23-6-28)25-11(27)3-22-9/h2-7,17H,1H3,(H,23,28)(H,24,26). The third-order valence-electron chi connectivity index (χ3n) is 4.46. The molecular formula is C17H12ClF3N6O. The zero-order chi connectivity index (χ0) is 20.0. The van der Waals surface area contributed by atoms with Gasteiger partial charge in [-0.15, -0.1) is 0 Å². The van der Waals surface area contributed by atoms with Crippen molar-refractivity contribution in [3.63, 3.8) is 0 Å². The molecule has 0 spiro atoms. The minimum Gasteiger partial charge on any atom is -0.312 e. The minimum absolute atomic E-state index is 0.139. The first-order chi connectivity index (χ1) is 13.4. The highest BCUT2D eigenvalue weighted by Gasteiger charge is 2.29. The highest BCUT2D eigenvalue weighted by atomic mass is 35.5. The smallest absolute Gasteiger partial charge is 0.245 e. The van der Waals surface area contributed by atoms with Crippen LogP contribution in [-0.2, 0) is 4.79 Å². The number of aromatic amines is 1. The predicted molar refractivity (Wildman–Crippen MR) is 97.1 cm³/mol. The van der Waals surface area contributed by atoms with Crippen molar-refractivity contribution in [3.05, 3.63) is 41.2 Å². The number of rotatable bonds is 5. The molecule has 7 nitrogen and oxygen atoms in total. The van der Waals surface area contributed by atoms with Crippen molar-refractivity contribution in [3.8, 4) is 11.3 Å². The summed E-state index contributed by atoms with van der Waals surface area (Å²) in [5, 5.41) is 8.92. The number of nitrogens with one attached hydrogen (secondary N) is 2. The number of aromatic nitrogens is 5. The number of anilines is 1. The van der Waals surface area contributed by atoms with Gasteiger partial charge in [-0.2, -0.15) is 5.10 Å². The Kier molecular flexibility index (Phi) is 4.42. The lowest BCUT2D eigenvalue weighted by atomic mass is 9.95. The van der Waals surface area contributed by atoms with E-state index in [0.717, 1.165) is 0 Å². The third kappa shape index (κ3) is 2.76. The molecule has 4 rings (SSSR count). The van der Waals surface area contributed by atoms with E-state index in [1.54, 1.807) is 16.8 Å². The fourth-order valence-corrected chi connectivity index (χ4v) is 3.40. The maximum Gasteiger partial charge on any atom is 0.245 e. The molecule has 0 radical (unpaired) electrons. The number of nitrogens with zero attached hydrogens (tertiary/aromatic N) is 4. The minimum atomic E-state index is -2.77. The Morgan fingerprint density at radius 2 is 2.11 bits per heavy atom. The fraction of sp³-hybridized carbons (Fsp3) is 0.176. The van der Waals surface area contributed by atoms with Crippen molar-refractivity contribution < 1.29 is 18.0 Å². The third-order valence-corrected chi connectivity index (χ3v) is 4.82. The lowest BCUT2D eigenvalue weighted by molar-refractivity contribution is -0.105. The number of fused-ring (bicyclic) bond motifs is 2. The Morgan fingerprint density at radius 1 is 1.32 bits per heavy atom. The van der Waals surface area contributed by atoms with Crippen molar-refractivity contribution in [1.29, 1.82) is 0 Å². The van der Waals surface area contributed by atoms with Gasteiger partial charge < -0.3 is 9.72 Å². The van der Waals surface area contributed by atoms with E-state index < -0.39 is 18.2 Å². The van der Waals surface area contributed by atoms with Crippen LogP contribution in [0.3, 0.4) is 0 Å². The summed E-state index contributed by atoms with van der Waals surface area (Å²) in [5.74, 6) is -2.02. The van der Waals surface area contributed by atoms with E-state index in [2.05, 4.69) is 25.5 Å². The summed E-state index contributed by atoms with van der Waals surface area (Å²) in [5.41, 5.74) is 0.858. The van der Waals surface area contributed by atoms with Crippen molar-refractivity contribution in [2.24, 2.45) is 0 Å². The van der Waals surface area contributed by atoms with E-state index in [4.69, 9.17) is 11.6 Å². The fourth-order valence-electron chi connectivity index (χ4n) is 3.10. The average Bonchev–Trinajstić information content (AvgIpc) is 3.28. The number of alkyl halides is 2. The molecule has 0 bridgehead atoms. The highest BCUT2D eigenvalue weighted by molar-refractivity contribution is 6.35. The molecule has 2 N–H and O–H groups in total. The van der Waals surface area contributed by atoms with Crippen LogP contribution in [0.2, 0.25) is 5.02 Å². The molecule has 28 heavy (non-hydrogen) atoms. The number of H-pyrrole nitrogens is 1. The molecule has 1 unspecified atom stereocenters. The topological polar surface area (TPSA) is 88.0 Å². The molecule has 0 saturated carbocycles. The molecule has 1 amide bonds. The molecule has 0 fully saturated rings. The molecule has 3 heterocycles. The van der Waals surface area contributed by atoms with Gasteiger partial charge in [0.05, 0.1) is 34.8 Å². The van der Waals surface area contributed by atoms with Crippen LogP contribution in [0.15, 0.2) is 24.8 Å². The largest absolute Gasteiger partial charge is 0.312 e. The lowest BCUT2D eigenvalue weighted by Crippen LogP contribution is -2.09. The summed E-state index contributed by atoms with van der Waals surface area (Å²) < 4.78 is 43.0. The molecular weight excluding hydrogens is 397 g/mol. The molecule has 0 aliphatic heterocycles. The van der Waals surface area contributed by atoms with Gasteiger partial charge in [-0.3, -0.25) is 14.9 Å². The van der Waals surface area contributed by atoms with Crippen molar-refractivity contribution in [2.45, 2.75) is 19.3 Å². The second-order valence-electron chi connectivity index (χ2n) is 6.12. The van der Waals surface area contributed by atoms with E-state index in [0.29, 0.717) is 23.3 Å². The lowest BCUT2D eigenvalue weighted by Gasteiger charge is -2.16. The van der Waals surface area contributed by atoms with Gasteiger partial charge in [0.25, 0.3) is 0 Å². The first-order valence-corrected chi connectivity index (χ1v) is 8.47. The monoisotopic (exact) mass is 408 g/mol. The normalized spacial score (nSPS) is 12.8. The number of amides is 1. The van der Waals surface area contributed by atoms with Gasteiger partial charge in [0.1, 0.15) is 5.82 Å². The van der Waals surface area contributed by atoms with Gasteiger partial charge in [0.15, 0.2) is 11.5 Å². The maximum atomic E-state index is 15.0. The van der Waals surface area contributed by atoms with Crippen LogP contribution in [0.1, 0.15) is 18.4 Å². The number of carbonyl (C=O) groups excluding carboxylic acids is 1. The SMILES string of the molecule is CC(c1c(F)c(Cl)c(-c2cn3cc(NC=O)nc3cn2)c2cn[nH]c12)C(F)F. The molecule has 1 aromatic carbocycles. The molecule has 11 heteroatoms. The molecule has 144 valence electrons. The number of benzene rings is 1. The number of imidazole rings is 1. The zero-order valence-corrected chi connectivity index (χ0v) is 15.0. The van der Waals surface area contributed by atoms with Crippen molar-refractivity contribution >= 4 is 40.4 Å². The van der Waals surface area contributed by atoms with Crippen LogP contribution in [0.25, 0.3) is 27.8 Å². The van der Waals surface area contributed by atoms with Crippen molar-refractivity contribution in [1.82, 2.24) is 24.6 Å². The number of hydrogen-bond donors (Lipinski definition) is 2. The molecule has 3 aromatic heterocycles. The van der Waals surface area contributed by atoms with E-state index >= 15 is 0 Å². The number of halogens is 4. The van der Waals surface area contributed by atoms with Gasteiger partial charge in [-0.25, -0.2) is 18.2 Å². The van der Waals surface area contributed by atoms with Crippen LogP contribution in [0.4, 0.5) is 19.0 Å². The second kappa shape index (κ2) is 6.79. The molecule has 4 aromatic rings. The molecule has 0 aliphatic carbocycles. The van der Waals surface area contributed by atoms with Gasteiger partial charge in [0, 0.05) is 28.6 Å². The Bertz CT molecular complexity index is 1200. The number of hydrogen-bond acceptors (Lipinski definition) is 4. The summed E-state index contributed by atoms with van der Waals surface area (Å²) >= 11 is 6.24. The van der Waals surface area contributed by atoms with E-state index in [9.17, 15) is 18.0 Å². The predicted octanol–water partition coefficient (Wildman–Crippen LogP) is 4.00. The summed E-state index contributed by atoms with van der Waals surface area (Å²) in [6, 6.07) is 0. The van der Waals surface area contributed by atoms with E-state index in [-0.39, 0.29) is 27.4 Å². The molecule has 1 atom stereocenters. The van der Waals surface area contributed by atoms with Gasteiger partial charge in [0.2, 0.25) is 12.8 Å². The van der Waals surface area contributed by atoms with Crippen LogP contribution in [0, 0.1) is 5.82 Å². The Labute approximate surface area is 160 Å².